The number of esters is 1. The summed E-state index contributed by atoms with van der Waals surface area (Å²) >= 11 is 4.74. The van der Waals surface area contributed by atoms with Crippen LogP contribution in [0.4, 0.5) is 22.7 Å². The quantitative estimate of drug-likeness (QED) is 0.0254. The molecule has 0 fully saturated rings. The van der Waals surface area contributed by atoms with Crippen LogP contribution in [0, 0.1) is 0 Å². The number of halogens is 2. The molecule has 0 aliphatic carbocycles. The molecule has 0 spiro atoms. The number of amides is 2. The summed E-state index contributed by atoms with van der Waals surface area (Å²) in [4.78, 5) is 43.7. The Morgan fingerprint density at radius 2 is 1.18 bits per heavy atom. The molecule has 14 heteroatoms. The van der Waals surface area contributed by atoms with Gasteiger partial charge >= 0.3 is 55.4 Å². The first kappa shape index (κ1) is 66.9. The van der Waals surface area contributed by atoms with Gasteiger partial charge in [-0.05, 0) is 55.5 Å². The monoisotopic (exact) mass is 1040 g/mol. The van der Waals surface area contributed by atoms with E-state index in [0.717, 1.165) is 11.9 Å². The van der Waals surface area contributed by atoms with Gasteiger partial charge in [-0.1, -0.05) is 143 Å². The van der Waals surface area contributed by atoms with E-state index >= 15 is 0 Å². The van der Waals surface area contributed by atoms with Crippen molar-refractivity contribution in [3.8, 4) is 0 Å². The molecular formula is C42H67I2N5O6V. The number of hydrogen-bond acceptors (Lipinski definition) is 9. The van der Waals surface area contributed by atoms with Crippen LogP contribution in [0.1, 0.15) is 105 Å². The van der Waals surface area contributed by atoms with Crippen molar-refractivity contribution in [3.05, 3.63) is 120 Å². The Balaban J connectivity index is -0.000000105. The molecule has 2 amide bonds. The molecule has 1 heterocycles. The van der Waals surface area contributed by atoms with Crippen molar-refractivity contribution in [2.75, 3.05) is 28.7 Å². The number of para-hydroxylation sites is 4. The fraction of sp³-hybridized carbons (Fsp3) is 0.310. The second-order valence-electron chi connectivity index (χ2n) is 8.21. The zero-order chi connectivity index (χ0) is 41.5. The Labute approximate surface area is 367 Å². The molecule has 0 aromatic heterocycles. The van der Waals surface area contributed by atoms with Crippen LogP contribution in [0.3, 0.4) is 0 Å². The number of ether oxygens (including phenoxy) is 1. The van der Waals surface area contributed by atoms with Crippen molar-refractivity contribution in [2.24, 2.45) is 5.16 Å². The zero-order valence-corrected chi connectivity index (χ0v) is 37.7. The maximum absolute atomic E-state index is 11.2. The van der Waals surface area contributed by atoms with Crippen LogP contribution < -0.4 is 22.1 Å². The van der Waals surface area contributed by atoms with Crippen molar-refractivity contribution < 1.29 is 38.6 Å². The van der Waals surface area contributed by atoms with E-state index in [0.29, 0.717) is 44.3 Å². The summed E-state index contributed by atoms with van der Waals surface area (Å²) in [5.41, 5.74) is 14.4. The topological polar surface area (TPSA) is 186 Å². The van der Waals surface area contributed by atoms with Crippen molar-refractivity contribution in [3.63, 3.8) is 0 Å². The van der Waals surface area contributed by atoms with Gasteiger partial charge in [0, 0.05) is 17.1 Å². The number of carbonyl (C=O) groups is 4. The van der Waals surface area contributed by atoms with Gasteiger partial charge in [0.2, 0.25) is 0 Å². The first-order chi connectivity index (χ1) is 25.7. The summed E-state index contributed by atoms with van der Waals surface area (Å²) in [6.45, 7) is 18.1. The van der Waals surface area contributed by atoms with Gasteiger partial charge in [0.15, 0.2) is 0 Å². The number of oxime groups is 1. The number of benzene rings is 4. The number of nitrogens with two attached hydrogens (primary N) is 2. The SMILES string of the molecule is C.C.C.CC.CC.CC.CC.CCOC(=O)c1ccccc1N.Nc1ccccc1.O=C(/C=N/O)Nc1ccccc1.O=C1Nc2ccccc2C1=O.[I][V][I]. The minimum atomic E-state index is -0.536. The number of hydrogen-bond donors (Lipinski definition) is 5. The third-order valence-electron chi connectivity index (χ3n) is 5.10. The van der Waals surface area contributed by atoms with Crippen LogP contribution >= 0.6 is 40.0 Å². The Kier molecular flexibility index (Phi) is 58.6. The first-order valence-corrected chi connectivity index (χ1v) is 25.9. The molecule has 0 unspecified atom stereocenters. The minimum absolute atomic E-state index is 0. The average Bonchev–Trinajstić information content (AvgIpc) is 3.49. The van der Waals surface area contributed by atoms with Gasteiger partial charge in [0.1, 0.15) is 6.21 Å². The Hall–Kier alpha value is -3.93. The third kappa shape index (κ3) is 33.4. The summed E-state index contributed by atoms with van der Waals surface area (Å²) in [6.07, 6.45) is 0.799. The molecule has 4 aromatic carbocycles. The summed E-state index contributed by atoms with van der Waals surface area (Å²) in [7, 11) is 0.628. The van der Waals surface area contributed by atoms with E-state index in [9.17, 15) is 19.2 Å². The van der Waals surface area contributed by atoms with E-state index in [2.05, 4.69) is 55.7 Å². The van der Waals surface area contributed by atoms with Gasteiger partial charge in [-0.25, -0.2) is 4.79 Å². The Morgan fingerprint density at radius 3 is 1.59 bits per heavy atom. The van der Waals surface area contributed by atoms with Crippen LogP contribution in [0.15, 0.2) is 114 Å². The van der Waals surface area contributed by atoms with Gasteiger partial charge < -0.3 is 32.0 Å². The number of anilines is 4. The second kappa shape index (κ2) is 49.1. The number of nitrogens with zero attached hydrogens (tertiary/aromatic N) is 1. The summed E-state index contributed by atoms with van der Waals surface area (Å²) < 4.78 is 4.79. The van der Waals surface area contributed by atoms with E-state index in [1.807, 2.05) is 91.8 Å². The molecule has 0 saturated carbocycles. The Bertz CT molecular complexity index is 1530. The van der Waals surface area contributed by atoms with Gasteiger partial charge in [-0.3, -0.25) is 14.4 Å². The molecule has 0 atom stereocenters. The number of rotatable bonds is 4. The van der Waals surface area contributed by atoms with E-state index in [-0.39, 0.29) is 28.2 Å². The Morgan fingerprint density at radius 1 is 0.750 bits per heavy atom. The molecule has 1 aliphatic heterocycles. The molecular weight excluding hydrogens is 975 g/mol. The maximum atomic E-state index is 11.2. The second-order valence-corrected chi connectivity index (χ2v) is 20.0. The summed E-state index contributed by atoms with van der Waals surface area (Å²) in [5.74, 6) is -1.80. The molecule has 0 saturated heterocycles. The molecule has 4 aromatic rings. The van der Waals surface area contributed by atoms with E-state index in [1.165, 1.54) is 0 Å². The molecule has 5 rings (SSSR count). The van der Waals surface area contributed by atoms with Gasteiger partial charge in [-0.2, -0.15) is 0 Å². The van der Waals surface area contributed by atoms with Gasteiger partial charge in [0.25, 0.3) is 17.6 Å². The number of fused-ring (bicyclic) bond motifs is 1. The molecule has 0 radical (unpaired) electrons. The predicted octanol–water partition coefficient (Wildman–Crippen LogP) is 12.4. The molecule has 11 nitrogen and oxygen atoms in total. The normalized spacial score (nSPS) is 8.77. The van der Waals surface area contributed by atoms with Crippen molar-refractivity contribution in [2.45, 2.75) is 84.6 Å². The molecule has 0 bridgehead atoms. The van der Waals surface area contributed by atoms with Crippen LogP contribution in [-0.2, 0) is 23.8 Å². The van der Waals surface area contributed by atoms with Crippen LogP contribution in [0.2, 0.25) is 0 Å². The van der Waals surface area contributed by atoms with Crippen molar-refractivity contribution in [1.82, 2.24) is 0 Å². The van der Waals surface area contributed by atoms with Gasteiger partial charge in [-0.15, -0.1) is 0 Å². The van der Waals surface area contributed by atoms with Crippen LogP contribution in [0.25, 0.3) is 0 Å². The summed E-state index contributed by atoms with van der Waals surface area (Å²) in [5, 5.41) is 15.6. The number of nitrogen functional groups attached to an aromatic ring is 2. The van der Waals surface area contributed by atoms with Crippen molar-refractivity contribution in [1.29, 1.82) is 0 Å². The van der Waals surface area contributed by atoms with Crippen LogP contribution in [0.5, 0.6) is 0 Å². The summed E-state index contributed by atoms with van der Waals surface area (Å²) in [6, 6.07) is 32.1. The fourth-order valence-corrected chi connectivity index (χ4v) is 3.18. The van der Waals surface area contributed by atoms with Crippen molar-refractivity contribution >= 4 is 92.5 Å². The van der Waals surface area contributed by atoms with E-state index in [4.69, 9.17) is 21.4 Å². The van der Waals surface area contributed by atoms with Crippen LogP contribution in [-0.4, -0.2) is 41.6 Å². The first-order valence-electron chi connectivity index (χ1n) is 16.9. The molecule has 56 heavy (non-hydrogen) atoms. The third-order valence-corrected chi connectivity index (χ3v) is 5.10. The molecule has 7 N–H and O–H groups in total. The molecule has 1 aliphatic rings. The predicted molar refractivity (Wildman–Crippen MR) is 256 cm³/mol. The fourth-order valence-electron chi connectivity index (χ4n) is 3.18. The molecule has 315 valence electrons. The average molecular weight is 1040 g/mol. The zero-order valence-electron chi connectivity index (χ0n) is 32.0. The number of Topliss-reactive ketones (excluding diaryl/α,β-unsaturated/α-hetero) is 1. The number of carbonyl (C=O) groups excluding carboxylic acids is 4. The number of ketones is 1. The number of nitrogens with one attached hydrogen (secondary N) is 2. The standard InChI is InChI=1S/C9H11NO2.C8H8N2O2.C8H5NO2.C6H7N.4C2H6.3CH4.2HI.V/c1-2-12-9(11)7-5-3-4-6-8(7)10;11-8(6-9-12)10-7-4-2-1-3-5-7;10-7-5-3-1-2-4-6(5)9-8(7)11;7-6-4-2-1-3-5-6;4*1-2;;;;;;/h3-6H,2,10H2,1H3;1-6,12H,(H,10,11);1-4H,(H,9,10,11);1-5H,7H2;4*1-2H3;3*1H4;2*1H;/q;;;;;;;;;;;;;+2/p-2/b;9-6+;;;;;;;;;;;;. The van der Waals surface area contributed by atoms with E-state index < -0.39 is 17.6 Å². The van der Waals surface area contributed by atoms with Gasteiger partial charge in [0.05, 0.1) is 23.4 Å². The van der Waals surface area contributed by atoms with E-state index in [1.54, 1.807) is 79.7 Å².